The SMILES string of the molecule is C[C@H](O)C/C=C/[C@@H](C)[C@H]1CC[C@H]2C(OC(=O)c3ccccc3)CCC[C@]12C. The smallest absolute Gasteiger partial charge is 0.338 e. The van der Waals surface area contributed by atoms with Gasteiger partial charge >= 0.3 is 5.97 Å². The van der Waals surface area contributed by atoms with Crippen molar-refractivity contribution in [2.24, 2.45) is 23.2 Å². The van der Waals surface area contributed by atoms with Crippen molar-refractivity contribution in [2.45, 2.75) is 71.5 Å². The highest BCUT2D eigenvalue weighted by atomic mass is 16.5. The van der Waals surface area contributed by atoms with Crippen molar-refractivity contribution in [1.82, 2.24) is 0 Å². The van der Waals surface area contributed by atoms with Gasteiger partial charge in [0.05, 0.1) is 11.7 Å². The van der Waals surface area contributed by atoms with Crippen molar-refractivity contribution in [3.05, 3.63) is 48.0 Å². The molecular weight excluding hydrogens is 336 g/mol. The van der Waals surface area contributed by atoms with E-state index >= 15 is 0 Å². The summed E-state index contributed by atoms with van der Waals surface area (Å²) in [7, 11) is 0. The van der Waals surface area contributed by atoms with Crippen molar-refractivity contribution in [1.29, 1.82) is 0 Å². The van der Waals surface area contributed by atoms with E-state index in [0.29, 0.717) is 29.7 Å². The molecule has 3 heteroatoms. The van der Waals surface area contributed by atoms with Gasteiger partial charge in [0.1, 0.15) is 6.10 Å². The summed E-state index contributed by atoms with van der Waals surface area (Å²) in [6.45, 7) is 6.54. The molecule has 1 N–H and O–H groups in total. The highest BCUT2D eigenvalue weighted by Crippen LogP contribution is 2.58. The molecule has 0 amide bonds. The molecule has 0 heterocycles. The number of hydrogen-bond acceptors (Lipinski definition) is 3. The van der Waals surface area contributed by atoms with E-state index in [1.165, 1.54) is 12.8 Å². The van der Waals surface area contributed by atoms with Crippen molar-refractivity contribution in [2.75, 3.05) is 0 Å². The van der Waals surface area contributed by atoms with Crippen LogP contribution in [0.3, 0.4) is 0 Å². The number of ether oxygens (including phenoxy) is 1. The fourth-order valence-corrected chi connectivity index (χ4v) is 5.57. The third-order valence-electron chi connectivity index (χ3n) is 6.96. The van der Waals surface area contributed by atoms with Gasteiger partial charge in [0.25, 0.3) is 0 Å². The molecule has 0 bridgehead atoms. The Balaban J connectivity index is 1.68. The predicted octanol–water partition coefficient (Wildman–Crippen LogP) is 5.39. The fraction of sp³-hybridized carbons (Fsp3) is 0.625. The summed E-state index contributed by atoms with van der Waals surface area (Å²) in [5.74, 6) is 1.38. The highest BCUT2D eigenvalue weighted by molar-refractivity contribution is 5.89. The number of aliphatic hydroxyl groups excluding tert-OH is 1. The summed E-state index contributed by atoms with van der Waals surface area (Å²) < 4.78 is 6.01. The van der Waals surface area contributed by atoms with Gasteiger partial charge in [-0.05, 0) is 74.8 Å². The van der Waals surface area contributed by atoms with E-state index in [4.69, 9.17) is 4.74 Å². The number of carbonyl (C=O) groups is 1. The Hall–Kier alpha value is -1.61. The molecule has 3 rings (SSSR count). The Labute approximate surface area is 163 Å². The van der Waals surface area contributed by atoms with Crippen molar-refractivity contribution in [3.8, 4) is 0 Å². The number of hydrogen-bond donors (Lipinski definition) is 1. The van der Waals surface area contributed by atoms with Gasteiger partial charge in [-0.15, -0.1) is 0 Å². The van der Waals surface area contributed by atoms with Crippen LogP contribution in [0, 0.1) is 23.2 Å². The number of esters is 1. The number of carbonyl (C=O) groups excluding carboxylic acids is 1. The van der Waals surface area contributed by atoms with Gasteiger partial charge < -0.3 is 9.84 Å². The van der Waals surface area contributed by atoms with Crippen LogP contribution >= 0.6 is 0 Å². The number of benzene rings is 1. The first-order chi connectivity index (χ1) is 12.9. The molecule has 0 aromatic heterocycles. The molecule has 27 heavy (non-hydrogen) atoms. The fourth-order valence-electron chi connectivity index (χ4n) is 5.57. The van der Waals surface area contributed by atoms with Gasteiger partial charge in [0, 0.05) is 5.92 Å². The molecule has 0 spiro atoms. The number of allylic oxidation sites excluding steroid dienone is 1. The Morgan fingerprint density at radius 2 is 2.00 bits per heavy atom. The van der Waals surface area contributed by atoms with Gasteiger partial charge in [0.15, 0.2) is 0 Å². The monoisotopic (exact) mass is 370 g/mol. The minimum absolute atomic E-state index is 0.0371. The van der Waals surface area contributed by atoms with E-state index < -0.39 is 0 Å². The van der Waals surface area contributed by atoms with Crippen LogP contribution in [0.15, 0.2) is 42.5 Å². The van der Waals surface area contributed by atoms with Crippen LogP contribution in [0.4, 0.5) is 0 Å². The van der Waals surface area contributed by atoms with Crippen LogP contribution in [0.1, 0.15) is 69.7 Å². The lowest BCUT2D eigenvalue weighted by molar-refractivity contribution is -0.0444. The van der Waals surface area contributed by atoms with Gasteiger partial charge in [-0.3, -0.25) is 0 Å². The zero-order valence-electron chi connectivity index (χ0n) is 16.9. The number of rotatable bonds is 6. The second kappa shape index (κ2) is 8.60. The standard InChI is InChI=1S/C24H34O3/c1-17(9-7-10-18(2)25)20-14-15-21-22(13-8-16-24(20,21)3)27-23(26)19-11-5-4-6-12-19/h4-7,9,11-12,17-18,20-22,25H,8,10,13-16H2,1-3H3/b9-7+/t17-,18+,20-,21+,22?,24-/m1/s1. The van der Waals surface area contributed by atoms with E-state index in [0.717, 1.165) is 19.3 Å². The Morgan fingerprint density at radius 1 is 1.26 bits per heavy atom. The Morgan fingerprint density at radius 3 is 2.70 bits per heavy atom. The second-order valence-electron chi connectivity index (χ2n) is 8.87. The normalized spacial score (nSPS) is 32.8. The van der Waals surface area contributed by atoms with Crippen LogP contribution < -0.4 is 0 Å². The van der Waals surface area contributed by atoms with E-state index in [9.17, 15) is 9.90 Å². The predicted molar refractivity (Wildman–Crippen MR) is 108 cm³/mol. The molecule has 3 nitrogen and oxygen atoms in total. The van der Waals surface area contributed by atoms with Crippen LogP contribution in [0.5, 0.6) is 0 Å². The van der Waals surface area contributed by atoms with Gasteiger partial charge in [-0.25, -0.2) is 4.79 Å². The summed E-state index contributed by atoms with van der Waals surface area (Å²) in [6.07, 6.45) is 10.5. The largest absolute Gasteiger partial charge is 0.458 e. The van der Waals surface area contributed by atoms with Crippen molar-refractivity contribution in [3.63, 3.8) is 0 Å². The molecule has 1 aromatic rings. The van der Waals surface area contributed by atoms with Crippen LogP contribution in [-0.2, 0) is 4.74 Å². The lowest BCUT2D eigenvalue weighted by atomic mass is 9.62. The molecule has 0 radical (unpaired) electrons. The Kier molecular flexibility index (Phi) is 6.41. The maximum atomic E-state index is 12.6. The maximum absolute atomic E-state index is 12.6. The van der Waals surface area contributed by atoms with Crippen molar-refractivity contribution < 1.29 is 14.6 Å². The number of aliphatic hydroxyl groups is 1. The van der Waals surface area contributed by atoms with E-state index in [1.807, 2.05) is 37.3 Å². The number of fused-ring (bicyclic) bond motifs is 1. The zero-order chi connectivity index (χ0) is 19.4. The molecule has 148 valence electrons. The van der Waals surface area contributed by atoms with Gasteiger partial charge in [-0.1, -0.05) is 44.2 Å². The molecule has 2 aliphatic rings. The molecule has 6 atom stereocenters. The van der Waals surface area contributed by atoms with E-state index in [-0.39, 0.29) is 23.6 Å². The van der Waals surface area contributed by atoms with Crippen LogP contribution in [0.2, 0.25) is 0 Å². The van der Waals surface area contributed by atoms with Gasteiger partial charge in [-0.2, -0.15) is 0 Å². The van der Waals surface area contributed by atoms with Crippen LogP contribution in [-0.4, -0.2) is 23.3 Å². The second-order valence-corrected chi connectivity index (χ2v) is 8.87. The molecule has 0 saturated heterocycles. The third kappa shape index (κ3) is 4.45. The molecular formula is C24H34O3. The molecule has 1 aromatic carbocycles. The highest BCUT2D eigenvalue weighted by Gasteiger charge is 2.53. The lowest BCUT2D eigenvalue weighted by Gasteiger charge is -2.45. The topological polar surface area (TPSA) is 46.5 Å². The minimum atomic E-state index is -0.281. The van der Waals surface area contributed by atoms with Crippen molar-refractivity contribution >= 4 is 5.97 Å². The first kappa shape index (κ1) is 20.1. The quantitative estimate of drug-likeness (QED) is 0.539. The average molecular weight is 371 g/mol. The minimum Gasteiger partial charge on any atom is -0.458 e. The van der Waals surface area contributed by atoms with E-state index in [2.05, 4.69) is 26.0 Å². The molecule has 0 aliphatic heterocycles. The van der Waals surface area contributed by atoms with Crippen LogP contribution in [0.25, 0.3) is 0 Å². The summed E-state index contributed by atoms with van der Waals surface area (Å²) in [6, 6.07) is 9.35. The molecule has 2 fully saturated rings. The Bertz CT molecular complexity index is 651. The molecule has 1 unspecified atom stereocenters. The van der Waals surface area contributed by atoms with Gasteiger partial charge in [0.2, 0.25) is 0 Å². The summed E-state index contributed by atoms with van der Waals surface area (Å²) >= 11 is 0. The third-order valence-corrected chi connectivity index (χ3v) is 6.96. The summed E-state index contributed by atoms with van der Waals surface area (Å²) in [5.41, 5.74) is 0.878. The molecule has 2 aliphatic carbocycles. The first-order valence-corrected chi connectivity index (χ1v) is 10.5. The lowest BCUT2D eigenvalue weighted by Crippen LogP contribution is -2.43. The zero-order valence-corrected chi connectivity index (χ0v) is 16.9. The first-order valence-electron chi connectivity index (χ1n) is 10.5. The average Bonchev–Trinajstić information content (AvgIpc) is 3.00. The maximum Gasteiger partial charge on any atom is 0.338 e. The summed E-state index contributed by atoms with van der Waals surface area (Å²) in [4.78, 5) is 12.6. The van der Waals surface area contributed by atoms with E-state index in [1.54, 1.807) is 0 Å². The molecule has 2 saturated carbocycles. The summed E-state index contributed by atoms with van der Waals surface area (Å²) in [5, 5.41) is 9.48.